The van der Waals surface area contributed by atoms with E-state index >= 15 is 0 Å². The molecule has 1 saturated heterocycles. The molecule has 0 radical (unpaired) electrons. The number of nitrogens with zero attached hydrogens (tertiary/aromatic N) is 1. The van der Waals surface area contributed by atoms with Gasteiger partial charge in [-0.1, -0.05) is 35.2 Å². The third kappa shape index (κ3) is 3.44. The van der Waals surface area contributed by atoms with Crippen LogP contribution in [0.5, 0.6) is 0 Å². The lowest BCUT2D eigenvalue weighted by Crippen LogP contribution is -2.45. The van der Waals surface area contributed by atoms with Crippen molar-refractivity contribution < 1.29 is 9.53 Å². The fourth-order valence-electron chi connectivity index (χ4n) is 2.92. The first-order valence-corrected chi connectivity index (χ1v) is 7.89. The number of rotatable bonds is 4. The number of alkyl halides is 1. The second kappa shape index (κ2) is 6.74. The van der Waals surface area contributed by atoms with Crippen LogP contribution in [0.3, 0.4) is 0 Å². The summed E-state index contributed by atoms with van der Waals surface area (Å²) in [6.45, 7) is 2.23. The number of carbonyl (C=O) groups excluding carboxylic acids is 1. The van der Waals surface area contributed by atoms with Crippen molar-refractivity contribution in [2.75, 3.05) is 25.1 Å². The third-order valence-electron chi connectivity index (χ3n) is 3.90. The van der Waals surface area contributed by atoms with Crippen LogP contribution in [-0.2, 0) is 9.53 Å². The molecule has 1 saturated carbocycles. The summed E-state index contributed by atoms with van der Waals surface area (Å²) in [4.78, 5) is 14.6. The summed E-state index contributed by atoms with van der Waals surface area (Å²) < 4.78 is 5.33. The Labute approximate surface area is 112 Å². The van der Waals surface area contributed by atoms with Crippen molar-refractivity contribution in [2.24, 2.45) is 5.92 Å². The molecular weight excluding hydrogens is 282 g/mol. The van der Waals surface area contributed by atoms with E-state index in [0.717, 1.165) is 24.9 Å². The maximum atomic E-state index is 12.5. The largest absolute Gasteiger partial charge is 0.381 e. The van der Waals surface area contributed by atoms with Gasteiger partial charge in [0.05, 0.1) is 12.5 Å². The van der Waals surface area contributed by atoms with Gasteiger partial charge in [-0.25, -0.2) is 0 Å². The number of carbonyl (C=O) groups is 1. The van der Waals surface area contributed by atoms with E-state index in [2.05, 4.69) is 20.8 Å². The summed E-state index contributed by atoms with van der Waals surface area (Å²) in [5.74, 6) is 0.449. The normalized spacial score (nSPS) is 26.1. The second-order valence-electron chi connectivity index (χ2n) is 5.07. The predicted molar refractivity (Wildman–Crippen MR) is 71.3 cm³/mol. The summed E-state index contributed by atoms with van der Waals surface area (Å²) in [5, 5.41) is 0.878. The van der Waals surface area contributed by atoms with Gasteiger partial charge in [0.25, 0.3) is 0 Å². The van der Waals surface area contributed by atoms with Crippen LogP contribution in [-0.4, -0.2) is 41.9 Å². The lowest BCUT2D eigenvalue weighted by atomic mass is 9.93. The number of amides is 1. The summed E-state index contributed by atoms with van der Waals surface area (Å²) in [6, 6.07) is 0.481. The summed E-state index contributed by atoms with van der Waals surface area (Å²) >= 11 is 3.47. The second-order valence-corrected chi connectivity index (χ2v) is 5.87. The average molecular weight is 304 g/mol. The van der Waals surface area contributed by atoms with Gasteiger partial charge in [0.2, 0.25) is 5.91 Å². The van der Waals surface area contributed by atoms with Crippen LogP contribution in [0.25, 0.3) is 0 Å². The Morgan fingerprint density at radius 1 is 1.24 bits per heavy atom. The first-order valence-electron chi connectivity index (χ1n) is 6.77. The van der Waals surface area contributed by atoms with Crippen LogP contribution in [0, 0.1) is 5.92 Å². The lowest BCUT2D eigenvalue weighted by molar-refractivity contribution is -0.138. The molecule has 1 aliphatic carbocycles. The molecule has 3 nitrogen and oxygen atoms in total. The molecule has 0 aromatic carbocycles. The van der Waals surface area contributed by atoms with E-state index in [1.54, 1.807) is 0 Å². The van der Waals surface area contributed by atoms with Crippen LogP contribution in [0.4, 0.5) is 0 Å². The highest BCUT2D eigenvalue weighted by atomic mass is 79.9. The molecule has 1 unspecified atom stereocenters. The van der Waals surface area contributed by atoms with E-state index in [4.69, 9.17) is 4.74 Å². The van der Waals surface area contributed by atoms with Crippen molar-refractivity contribution in [3.05, 3.63) is 0 Å². The highest BCUT2D eigenvalue weighted by Gasteiger charge is 2.32. The van der Waals surface area contributed by atoms with Crippen LogP contribution >= 0.6 is 15.9 Å². The zero-order chi connectivity index (χ0) is 12.1. The van der Waals surface area contributed by atoms with E-state index in [-0.39, 0.29) is 5.92 Å². The van der Waals surface area contributed by atoms with Gasteiger partial charge in [0, 0.05) is 24.5 Å². The van der Waals surface area contributed by atoms with Crippen molar-refractivity contribution in [1.29, 1.82) is 0 Å². The fraction of sp³-hybridized carbons (Fsp3) is 0.923. The Bertz CT molecular complexity index is 248. The van der Waals surface area contributed by atoms with E-state index < -0.39 is 0 Å². The van der Waals surface area contributed by atoms with Crippen molar-refractivity contribution >= 4 is 21.8 Å². The quantitative estimate of drug-likeness (QED) is 0.747. The minimum Gasteiger partial charge on any atom is -0.381 e. The Morgan fingerprint density at radius 3 is 2.59 bits per heavy atom. The molecule has 2 fully saturated rings. The fourth-order valence-corrected chi connectivity index (χ4v) is 3.30. The van der Waals surface area contributed by atoms with Crippen molar-refractivity contribution in [1.82, 2.24) is 4.90 Å². The molecule has 1 aliphatic heterocycles. The number of hydrogen-bond acceptors (Lipinski definition) is 2. The summed E-state index contributed by atoms with van der Waals surface area (Å²) in [7, 11) is 0. The molecule has 0 spiro atoms. The van der Waals surface area contributed by atoms with E-state index in [9.17, 15) is 4.79 Å². The molecule has 0 bridgehead atoms. The molecular formula is C13H22BrNO2. The highest BCUT2D eigenvalue weighted by molar-refractivity contribution is 9.09. The van der Waals surface area contributed by atoms with Gasteiger partial charge in [-0.15, -0.1) is 0 Å². The SMILES string of the molecule is O=C(C1CCOC1)N(CCBr)C1CCCCC1. The highest BCUT2D eigenvalue weighted by Crippen LogP contribution is 2.25. The van der Waals surface area contributed by atoms with Crippen LogP contribution < -0.4 is 0 Å². The molecule has 98 valence electrons. The summed E-state index contributed by atoms with van der Waals surface area (Å²) in [6.07, 6.45) is 7.16. The zero-order valence-corrected chi connectivity index (χ0v) is 12.0. The van der Waals surface area contributed by atoms with Gasteiger partial charge < -0.3 is 9.64 Å². The molecule has 17 heavy (non-hydrogen) atoms. The van der Waals surface area contributed by atoms with Crippen LogP contribution in [0.15, 0.2) is 0 Å². The molecule has 0 aromatic heterocycles. The number of hydrogen-bond donors (Lipinski definition) is 0. The summed E-state index contributed by atoms with van der Waals surface area (Å²) in [5.41, 5.74) is 0. The Hall–Kier alpha value is -0.0900. The van der Waals surface area contributed by atoms with E-state index in [1.807, 2.05) is 0 Å². The Balaban J connectivity index is 1.96. The maximum Gasteiger partial charge on any atom is 0.228 e. The van der Waals surface area contributed by atoms with Crippen LogP contribution in [0.1, 0.15) is 38.5 Å². The lowest BCUT2D eigenvalue weighted by Gasteiger charge is -2.35. The van der Waals surface area contributed by atoms with E-state index in [1.165, 1.54) is 32.1 Å². The van der Waals surface area contributed by atoms with Gasteiger partial charge in [0.1, 0.15) is 0 Å². The Kier molecular flexibility index (Phi) is 5.29. The van der Waals surface area contributed by atoms with Gasteiger partial charge in [-0.3, -0.25) is 4.79 Å². The van der Waals surface area contributed by atoms with Crippen molar-refractivity contribution in [3.8, 4) is 0 Å². The number of ether oxygens (including phenoxy) is 1. The Morgan fingerprint density at radius 2 is 2.00 bits per heavy atom. The number of halogens is 1. The van der Waals surface area contributed by atoms with Gasteiger partial charge in [-0.05, 0) is 19.3 Å². The topological polar surface area (TPSA) is 29.5 Å². The first-order chi connectivity index (χ1) is 8.33. The third-order valence-corrected chi connectivity index (χ3v) is 4.26. The minimum atomic E-state index is 0.121. The average Bonchev–Trinajstić information content (AvgIpc) is 2.90. The maximum absolute atomic E-state index is 12.5. The minimum absolute atomic E-state index is 0.121. The smallest absolute Gasteiger partial charge is 0.228 e. The molecule has 2 aliphatic rings. The van der Waals surface area contributed by atoms with Gasteiger partial charge in [0.15, 0.2) is 0 Å². The predicted octanol–water partition coefficient (Wildman–Crippen LogP) is 2.58. The standard InChI is InChI=1S/C13H22BrNO2/c14-7-8-15(12-4-2-1-3-5-12)13(16)11-6-9-17-10-11/h11-12H,1-10H2. The molecule has 1 heterocycles. The zero-order valence-electron chi connectivity index (χ0n) is 10.4. The van der Waals surface area contributed by atoms with Crippen molar-refractivity contribution in [2.45, 2.75) is 44.6 Å². The van der Waals surface area contributed by atoms with Gasteiger partial charge in [-0.2, -0.15) is 0 Å². The molecule has 0 N–H and O–H groups in total. The van der Waals surface area contributed by atoms with Gasteiger partial charge >= 0.3 is 0 Å². The molecule has 2 rings (SSSR count). The first kappa shape index (κ1) is 13.3. The molecule has 1 atom stereocenters. The van der Waals surface area contributed by atoms with E-state index in [0.29, 0.717) is 18.6 Å². The molecule has 4 heteroatoms. The molecule has 0 aromatic rings. The monoisotopic (exact) mass is 303 g/mol. The molecule has 1 amide bonds. The van der Waals surface area contributed by atoms with Crippen molar-refractivity contribution in [3.63, 3.8) is 0 Å². The van der Waals surface area contributed by atoms with Crippen LogP contribution in [0.2, 0.25) is 0 Å².